The van der Waals surface area contributed by atoms with Crippen LogP contribution < -0.4 is 0 Å². The summed E-state index contributed by atoms with van der Waals surface area (Å²) in [6, 6.07) is 9.58. The predicted molar refractivity (Wildman–Crippen MR) is 79.6 cm³/mol. The maximum absolute atomic E-state index is 11.2. The number of fused-ring (bicyclic) bond motifs is 1. The zero-order valence-corrected chi connectivity index (χ0v) is 12.1. The molecule has 0 aliphatic carbocycles. The number of hydrogen-bond donors (Lipinski definition) is 1. The third-order valence-corrected chi connectivity index (χ3v) is 3.50. The second kappa shape index (κ2) is 4.70. The number of rotatable bonds is 2. The van der Waals surface area contributed by atoms with Gasteiger partial charge in [-0.1, -0.05) is 29.8 Å². The Labute approximate surface area is 121 Å². The normalized spacial score (nSPS) is 11.0. The fourth-order valence-corrected chi connectivity index (χ4v) is 2.44. The molecule has 0 unspecified atom stereocenters. The van der Waals surface area contributed by atoms with Gasteiger partial charge < -0.3 is 5.11 Å². The molecule has 2 heterocycles. The average molecular weight is 281 g/mol. The summed E-state index contributed by atoms with van der Waals surface area (Å²) in [4.78, 5) is 15.5. The zero-order chi connectivity index (χ0) is 15.1. The van der Waals surface area contributed by atoms with Gasteiger partial charge in [0.15, 0.2) is 11.3 Å². The second-order valence-electron chi connectivity index (χ2n) is 5.15. The molecule has 5 nitrogen and oxygen atoms in total. The SMILES string of the molecule is Cc1ccc(-c2c(C)nn3c(C)cc(C(=O)O)nc23)cc1. The fourth-order valence-electron chi connectivity index (χ4n) is 2.44. The minimum absolute atomic E-state index is 0.0354. The van der Waals surface area contributed by atoms with Gasteiger partial charge in [0, 0.05) is 11.3 Å². The second-order valence-corrected chi connectivity index (χ2v) is 5.15. The van der Waals surface area contributed by atoms with Crippen LogP contribution in [0.2, 0.25) is 0 Å². The highest BCUT2D eigenvalue weighted by Gasteiger charge is 2.17. The van der Waals surface area contributed by atoms with Gasteiger partial charge in [-0.05, 0) is 32.4 Å². The minimum atomic E-state index is -1.03. The van der Waals surface area contributed by atoms with E-state index in [2.05, 4.69) is 10.1 Å². The van der Waals surface area contributed by atoms with Crippen molar-refractivity contribution in [1.29, 1.82) is 0 Å². The number of carboxylic acids is 1. The van der Waals surface area contributed by atoms with Crippen LogP contribution in [0.1, 0.15) is 27.4 Å². The minimum Gasteiger partial charge on any atom is -0.477 e. The van der Waals surface area contributed by atoms with Crippen LogP contribution in [0.15, 0.2) is 30.3 Å². The maximum Gasteiger partial charge on any atom is 0.354 e. The summed E-state index contributed by atoms with van der Waals surface area (Å²) in [5, 5.41) is 13.7. The van der Waals surface area contributed by atoms with Crippen LogP contribution in [0.5, 0.6) is 0 Å². The first-order chi connectivity index (χ1) is 9.97. The first-order valence-corrected chi connectivity index (χ1v) is 6.64. The van der Waals surface area contributed by atoms with Gasteiger partial charge >= 0.3 is 5.97 Å². The third kappa shape index (κ3) is 2.16. The lowest BCUT2D eigenvalue weighted by Gasteiger charge is -2.04. The zero-order valence-electron chi connectivity index (χ0n) is 12.1. The summed E-state index contributed by atoms with van der Waals surface area (Å²) < 4.78 is 1.69. The number of carbonyl (C=O) groups is 1. The number of benzene rings is 1. The van der Waals surface area contributed by atoms with Crippen LogP contribution >= 0.6 is 0 Å². The van der Waals surface area contributed by atoms with Gasteiger partial charge in [-0.2, -0.15) is 5.10 Å². The Morgan fingerprint density at radius 2 is 1.81 bits per heavy atom. The lowest BCUT2D eigenvalue weighted by atomic mass is 10.0. The van der Waals surface area contributed by atoms with E-state index in [9.17, 15) is 9.90 Å². The summed E-state index contributed by atoms with van der Waals surface area (Å²) in [5.74, 6) is -1.03. The number of aromatic nitrogens is 3. The average Bonchev–Trinajstić information content (AvgIpc) is 2.77. The Morgan fingerprint density at radius 1 is 1.14 bits per heavy atom. The van der Waals surface area contributed by atoms with E-state index in [1.54, 1.807) is 4.52 Å². The lowest BCUT2D eigenvalue weighted by molar-refractivity contribution is 0.0690. The molecule has 106 valence electrons. The Kier molecular flexibility index (Phi) is 2.97. The van der Waals surface area contributed by atoms with Crippen molar-refractivity contribution in [2.75, 3.05) is 0 Å². The summed E-state index contributed by atoms with van der Waals surface area (Å²) in [5.41, 5.74) is 5.23. The molecule has 1 N–H and O–H groups in total. The van der Waals surface area contributed by atoms with Gasteiger partial charge in [-0.25, -0.2) is 14.3 Å². The van der Waals surface area contributed by atoms with Crippen LogP contribution in [0.25, 0.3) is 16.8 Å². The highest BCUT2D eigenvalue weighted by atomic mass is 16.4. The molecule has 0 aliphatic rings. The molecule has 0 atom stereocenters. The molecule has 5 heteroatoms. The van der Waals surface area contributed by atoms with E-state index in [0.29, 0.717) is 5.65 Å². The molecule has 0 spiro atoms. The highest BCUT2D eigenvalue weighted by Crippen LogP contribution is 2.28. The quantitative estimate of drug-likeness (QED) is 0.784. The van der Waals surface area contributed by atoms with Crippen molar-refractivity contribution in [3.63, 3.8) is 0 Å². The monoisotopic (exact) mass is 281 g/mol. The van der Waals surface area contributed by atoms with E-state index in [-0.39, 0.29) is 5.69 Å². The standard InChI is InChI=1S/C16H15N3O2/c1-9-4-6-12(7-5-9)14-11(3)18-19-10(2)8-13(16(20)21)17-15(14)19/h4-8H,1-3H3,(H,20,21). The first kappa shape index (κ1) is 13.3. The summed E-state index contributed by atoms with van der Waals surface area (Å²) in [6.45, 7) is 5.76. The van der Waals surface area contributed by atoms with Crippen molar-refractivity contribution in [2.24, 2.45) is 0 Å². The van der Waals surface area contributed by atoms with E-state index < -0.39 is 5.97 Å². The number of nitrogens with zero attached hydrogens (tertiary/aromatic N) is 3. The van der Waals surface area contributed by atoms with Gasteiger partial charge in [0.1, 0.15) is 0 Å². The third-order valence-electron chi connectivity index (χ3n) is 3.50. The van der Waals surface area contributed by atoms with Crippen molar-refractivity contribution >= 4 is 11.6 Å². The largest absolute Gasteiger partial charge is 0.477 e. The summed E-state index contributed by atoms with van der Waals surface area (Å²) in [6.07, 6.45) is 0. The van der Waals surface area contributed by atoms with Crippen LogP contribution in [0.4, 0.5) is 0 Å². The summed E-state index contributed by atoms with van der Waals surface area (Å²) in [7, 11) is 0. The molecular formula is C16H15N3O2. The molecule has 0 saturated heterocycles. The topological polar surface area (TPSA) is 67.5 Å². The van der Waals surface area contributed by atoms with E-state index in [1.165, 1.54) is 11.6 Å². The molecule has 0 saturated carbocycles. The molecular weight excluding hydrogens is 266 g/mol. The van der Waals surface area contributed by atoms with E-state index in [0.717, 1.165) is 22.5 Å². The molecule has 2 aromatic heterocycles. The van der Waals surface area contributed by atoms with Crippen molar-refractivity contribution < 1.29 is 9.90 Å². The van der Waals surface area contributed by atoms with Crippen LogP contribution in [0.3, 0.4) is 0 Å². The van der Waals surface area contributed by atoms with Crippen molar-refractivity contribution in [3.8, 4) is 11.1 Å². The van der Waals surface area contributed by atoms with E-state index in [4.69, 9.17) is 0 Å². The molecule has 0 aliphatic heterocycles. The Morgan fingerprint density at radius 3 is 2.43 bits per heavy atom. The fraction of sp³-hybridized carbons (Fsp3) is 0.188. The molecule has 0 fully saturated rings. The number of aryl methyl sites for hydroxylation is 3. The summed E-state index contributed by atoms with van der Waals surface area (Å²) >= 11 is 0. The highest BCUT2D eigenvalue weighted by molar-refractivity contribution is 5.88. The number of hydrogen-bond acceptors (Lipinski definition) is 3. The lowest BCUT2D eigenvalue weighted by Crippen LogP contribution is -2.05. The number of carboxylic acid groups (broad SMARTS) is 1. The van der Waals surface area contributed by atoms with E-state index >= 15 is 0 Å². The van der Waals surface area contributed by atoms with Crippen LogP contribution in [-0.4, -0.2) is 25.7 Å². The molecule has 3 aromatic rings. The Hall–Kier alpha value is -2.69. The molecule has 0 radical (unpaired) electrons. The van der Waals surface area contributed by atoms with Gasteiger partial charge in [-0.15, -0.1) is 0 Å². The Balaban J connectivity index is 2.34. The molecule has 21 heavy (non-hydrogen) atoms. The smallest absolute Gasteiger partial charge is 0.354 e. The van der Waals surface area contributed by atoms with Gasteiger partial charge in [0.25, 0.3) is 0 Å². The molecule has 1 aromatic carbocycles. The predicted octanol–water partition coefficient (Wildman–Crippen LogP) is 3.02. The first-order valence-electron chi connectivity index (χ1n) is 6.64. The number of aromatic carboxylic acids is 1. The van der Waals surface area contributed by atoms with Gasteiger partial charge in [-0.3, -0.25) is 0 Å². The molecule has 0 bridgehead atoms. The van der Waals surface area contributed by atoms with Crippen LogP contribution in [0, 0.1) is 20.8 Å². The maximum atomic E-state index is 11.2. The van der Waals surface area contributed by atoms with Crippen LogP contribution in [-0.2, 0) is 0 Å². The molecule has 3 rings (SSSR count). The van der Waals surface area contributed by atoms with Gasteiger partial charge in [0.05, 0.1) is 5.69 Å². The Bertz CT molecular complexity index is 848. The van der Waals surface area contributed by atoms with Crippen molar-refractivity contribution in [2.45, 2.75) is 20.8 Å². The van der Waals surface area contributed by atoms with Crippen molar-refractivity contribution in [3.05, 3.63) is 53.0 Å². The molecule has 0 amide bonds. The van der Waals surface area contributed by atoms with Gasteiger partial charge in [0.2, 0.25) is 0 Å². The van der Waals surface area contributed by atoms with E-state index in [1.807, 2.05) is 45.0 Å². The van der Waals surface area contributed by atoms with Crippen molar-refractivity contribution in [1.82, 2.24) is 14.6 Å².